The highest BCUT2D eigenvalue weighted by atomic mass is 35.5. The fourth-order valence-corrected chi connectivity index (χ4v) is 1.93. The lowest BCUT2D eigenvalue weighted by atomic mass is 9.89. The topological polar surface area (TPSA) is 29.3 Å². The van der Waals surface area contributed by atoms with Crippen molar-refractivity contribution in [3.8, 4) is 0 Å². The van der Waals surface area contributed by atoms with Gasteiger partial charge in [0.1, 0.15) is 0 Å². The Kier molecular flexibility index (Phi) is 5.57. The number of nitrogens with two attached hydrogens (primary N) is 1. The summed E-state index contributed by atoms with van der Waals surface area (Å²) in [6, 6.07) is 7.95. The van der Waals surface area contributed by atoms with Crippen LogP contribution in [0.1, 0.15) is 25.8 Å². The van der Waals surface area contributed by atoms with Gasteiger partial charge in [-0.2, -0.15) is 0 Å². The van der Waals surface area contributed by atoms with Gasteiger partial charge >= 0.3 is 0 Å². The van der Waals surface area contributed by atoms with Gasteiger partial charge in [-0.05, 0) is 37.7 Å². The summed E-state index contributed by atoms with van der Waals surface area (Å²) in [7, 11) is 2.09. The number of hydrogen-bond acceptors (Lipinski definition) is 2. The van der Waals surface area contributed by atoms with Crippen molar-refractivity contribution in [3.63, 3.8) is 0 Å². The van der Waals surface area contributed by atoms with E-state index in [1.54, 1.807) is 0 Å². The summed E-state index contributed by atoms with van der Waals surface area (Å²) in [5.41, 5.74) is 6.86. The van der Waals surface area contributed by atoms with Gasteiger partial charge in [-0.1, -0.05) is 49.8 Å². The van der Waals surface area contributed by atoms with Crippen molar-refractivity contribution in [1.82, 2.24) is 4.90 Å². The Morgan fingerprint density at radius 1 is 1.44 bits per heavy atom. The number of nitrogens with zero attached hydrogens (tertiary/aromatic N) is 1. The minimum absolute atomic E-state index is 0.0854. The zero-order valence-corrected chi connectivity index (χ0v) is 12.8. The number of thiocarbonyl (C=S) groups is 1. The molecule has 0 fully saturated rings. The van der Waals surface area contributed by atoms with Gasteiger partial charge in [0.05, 0.1) is 4.99 Å². The van der Waals surface area contributed by atoms with Crippen LogP contribution < -0.4 is 5.73 Å². The van der Waals surface area contributed by atoms with Gasteiger partial charge < -0.3 is 10.6 Å². The zero-order chi connectivity index (χ0) is 13.8. The van der Waals surface area contributed by atoms with E-state index >= 15 is 0 Å². The Bertz CT molecular complexity index is 418. The molecule has 1 aromatic carbocycles. The van der Waals surface area contributed by atoms with E-state index < -0.39 is 0 Å². The lowest BCUT2D eigenvalue weighted by molar-refractivity contribution is 0.286. The molecular weight excluding hydrogens is 264 g/mol. The smallest absolute Gasteiger partial charge is 0.0784 e. The summed E-state index contributed by atoms with van der Waals surface area (Å²) in [6.07, 6.45) is 0.958. The first-order chi connectivity index (χ1) is 8.31. The first-order valence-electron chi connectivity index (χ1n) is 6.04. The minimum Gasteiger partial charge on any atom is -0.393 e. The van der Waals surface area contributed by atoms with Crippen molar-refractivity contribution in [2.75, 3.05) is 13.6 Å². The van der Waals surface area contributed by atoms with E-state index in [1.807, 2.05) is 18.2 Å². The molecule has 1 rings (SSSR count). The van der Waals surface area contributed by atoms with Crippen LogP contribution in [0.4, 0.5) is 0 Å². The fourth-order valence-electron chi connectivity index (χ4n) is 1.62. The van der Waals surface area contributed by atoms with Crippen molar-refractivity contribution in [2.45, 2.75) is 26.8 Å². The van der Waals surface area contributed by atoms with Gasteiger partial charge in [-0.3, -0.25) is 0 Å². The maximum atomic E-state index is 5.97. The van der Waals surface area contributed by atoms with Crippen LogP contribution in [0, 0.1) is 5.41 Å². The first kappa shape index (κ1) is 15.4. The minimum atomic E-state index is -0.0854. The molecule has 0 radical (unpaired) electrons. The van der Waals surface area contributed by atoms with Gasteiger partial charge in [0.2, 0.25) is 0 Å². The molecule has 0 aliphatic carbocycles. The van der Waals surface area contributed by atoms with Crippen molar-refractivity contribution >= 4 is 28.8 Å². The van der Waals surface area contributed by atoms with E-state index in [4.69, 9.17) is 29.6 Å². The highest BCUT2D eigenvalue weighted by Gasteiger charge is 2.21. The van der Waals surface area contributed by atoms with E-state index in [-0.39, 0.29) is 5.41 Å². The zero-order valence-electron chi connectivity index (χ0n) is 11.2. The van der Waals surface area contributed by atoms with E-state index in [0.29, 0.717) is 4.99 Å². The molecule has 0 aromatic heterocycles. The molecule has 1 aromatic rings. The Morgan fingerprint density at radius 3 is 2.67 bits per heavy atom. The molecule has 0 unspecified atom stereocenters. The fraction of sp³-hybridized carbons (Fsp3) is 0.500. The van der Waals surface area contributed by atoms with Gasteiger partial charge in [-0.25, -0.2) is 0 Å². The average Bonchev–Trinajstić information content (AvgIpc) is 2.26. The molecule has 0 saturated heterocycles. The molecule has 0 saturated carbocycles. The summed E-state index contributed by atoms with van der Waals surface area (Å²) >= 11 is 11.0. The highest BCUT2D eigenvalue weighted by Crippen LogP contribution is 2.21. The molecule has 18 heavy (non-hydrogen) atoms. The van der Waals surface area contributed by atoms with E-state index in [0.717, 1.165) is 24.5 Å². The Morgan fingerprint density at radius 2 is 2.11 bits per heavy atom. The number of rotatable bonds is 6. The number of hydrogen-bond donors (Lipinski definition) is 1. The first-order valence-corrected chi connectivity index (χ1v) is 6.83. The molecule has 2 nitrogen and oxygen atoms in total. The Balaban J connectivity index is 2.47. The van der Waals surface area contributed by atoms with Crippen LogP contribution in [0.5, 0.6) is 0 Å². The van der Waals surface area contributed by atoms with Crippen LogP contribution in [0.25, 0.3) is 0 Å². The summed E-state index contributed by atoms with van der Waals surface area (Å²) in [4.78, 5) is 2.84. The molecule has 0 spiro atoms. The molecule has 0 aliphatic rings. The van der Waals surface area contributed by atoms with Crippen LogP contribution in [0.2, 0.25) is 5.02 Å². The Hall–Kier alpha value is -0.640. The maximum Gasteiger partial charge on any atom is 0.0784 e. The third kappa shape index (κ3) is 4.92. The highest BCUT2D eigenvalue weighted by molar-refractivity contribution is 7.80. The third-order valence-corrected chi connectivity index (χ3v) is 3.91. The molecule has 4 heteroatoms. The summed E-state index contributed by atoms with van der Waals surface area (Å²) in [5, 5.41) is 0.782. The summed E-state index contributed by atoms with van der Waals surface area (Å²) in [6.45, 7) is 6.01. The van der Waals surface area contributed by atoms with E-state index in [1.165, 1.54) is 5.56 Å². The molecule has 0 heterocycles. The second kappa shape index (κ2) is 6.50. The summed E-state index contributed by atoms with van der Waals surface area (Å²) < 4.78 is 0. The van der Waals surface area contributed by atoms with Crippen LogP contribution in [-0.4, -0.2) is 23.5 Å². The molecule has 2 N–H and O–H groups in total. The predicted octanol–water partition coefficient (Wildman–Crippen LogP) is 3.47. The standard InChI is InChI=1S/C14H21ClN2S/c1-14(2,13(16)18)7-8-17(3)10-11-5-4-6-12(15)9-11/h4-6,9H,7-8,10H2,1-3H3,(H2,16,18). The Labute approximate surface area is 120 Å². The number of halogens is 1. The van der Waals surface area contributed by atoms with Gasteiger partial charge in [-0.15, -0.1) is 0 Å². The van der Waals surface area contributed by atoms with Gasteiger partial charge in [0.15, 0.2) is 0 Å². The third-order valence-electron chi connectivity index (χ3n) is 3.13. The lowest BCUT2D eigenvalue weighted by Gasteiger charge is -2.26. The van der Waals surface area contributed by atoms with E-state index in [2.05, 4.69) is 31.9 Å². The van der Waals surface area contributed by atoms with Crippen LogP contribution in [0.15, 0.2) is 24.3 Å². The second-order valence-electron chi connectivity index (χ2n) is 5.37. The molecule has 0 atom stereocenters. The largest absolute Gasteiger partial charge is 0.393 e. The van der Waals surface area contributed by atoms with Crippen LogP contribution >= 0.6 is 23.8 Å². The maximum absolute atomic E-state index is 5.97. The van der Waals surface area contributed by atoms with Crippen molar-refractivity contribution < 1.29 is 0 Å². The molecule has 0 aliphatic heterocycles. The number of benzene rings is 1. The molecule has 0 bridgehead atoms. The lowest BCUT2D eigenvalue weighted by Crippen LogP contribution is -2.33. The monoisotopic (exact) mass is 284 g/mol. The quantitative estimate of drug-likeness (QED) is 0.811. The normalized spacial score (nSPS) is 11.8. The average molecular weight is 285 g/mol. The van der Waals surface area contributed by atoms with Crippen LogP contribution in [-0.2, 0) is 6.54 Å². The second-order valence-corrected chi connectivity index (χ2v) is 6.24. The van der Waals surface area contributed by atoms with Crippen molar-refractivity contribution in [3.05, 3.63) is 34.9 Å². The van der Waals surface area contributed by atoms with Crippen molar-refractivity contribution in [1.29, 1.82) is 0 Å². The van der Waals surface area contributed by atoms with Gasteiger partial charge in [0.25, 0.3) is 0 Å². The molecule has 100 valence electrons. The van der Waals surface area contributed by atoms with Gasteiger partial charge in [0, 0.05) is 17.0 Å². The van der Waals surface area contributed by atoms with E-state index in [9.17, 15) is 0 Å². The SMILES string of the molecule is CN(CCC(C)(C)C(N)=S)Cc1cccc(Cl)c1. The molecular formula is C14H21ClN2S. The summed E-state index contributed by atoms with van der Waals surface area (Å²) in [5.74, 6) is 0. The predicted molar refractivity (Wildman–Crippen MR) is 83.0 cm³/mol. The van der Waals surface area contributed by atoms with Crippen LogP contribution in [0.3, 0.4) is 0 Å². The molecule has 0 amide bonds. The van der Waals surface area contributed by atoms with Crippen molar-refractivity contribution in [2.24, 2.45) is 11.1 Å².